The van der Waals surface area contributed by atoms with Crippen molar-refractivity contribution < 1.29 is 4.74 Å². The summed E-state index contributed by atoms with van der Waals surface area (Å²) in [5.74, 6) is 0. The van der Waals surface area contributed by atoms with Crippen LogP contribution in [0, 0.1) is 0 Å². The molecule has 2 N–H and O–H groups in total. The minimum atomic E-state index is 0.263. The zero-order valence-electron chi connectivity index (χ0n) is 11.0. The van der Waals surface area contributed by atoms with Crippen LogP contribution in [0.15, 0.2) is 0 Å². The zero-order chi connectivity index (χ0) is 11.8. The molecule has 0 radical (unpaired) electrons. The molecule has 96 valence electrons. The van der Waals surface area contributed by atoms with Gasteiger partial charge in [-0.15, -0.1) is 0 Å². The molecule has 1 aliphatic rings. The Bertz CT molecular complexity index is 171. The van der Waals surface area contributed by atoms with Gasteiger partial charge in [0.1, 0.15) is 0 Å². The lowest BCUT2D eigenvalue weighted by Gasteiger charge is -2.24. The molecule has 0 heterocycles. The fourth-order valence-electron chi connectivity index (χ4n) is 2.38. The third-order valence-corrected chi connectivity index (χ3v) is 3.64. The van der Waals surface area contributed by atoms with E-state index in [1.807, 2.05) is 0 Å². The zero-order valence-corrected chi connectivity index (χ0v) is 11.0. The third-order valence-electron chi connectivity index (χ3n) is 3.64. The van der Waals surface area contributed by atoms with Crippen LogP contribution in [0.5, 0.6) is 0 Å². The van der Waals surface area contributed by atoms with Crippen LogP contribution in [0.3, 0.4) is 0 Å². The lowest BCUT2D eigenvalue weighted by molar-refractivity contribution is 0.0197. The summed E-state index contributed by atoms with van der Waals surface area (Å²) in [5.41, 5.74) is 6.12. The highest BCUT2D eigenvalue weighted by atomic mass is 16.5. The summed E-state index contributed by atoms with van der Waals surface area (Å²) >= 11 is 0. The fraction of sp³-hybridized carbons (Fsp3) is 1.00. The predicted molar refractivity (Wildman–Crippen MR) is 68.6 cm³/mol. The van der Waals surface area contributed by atoms with Crippen molar-refractivity contribution in [1.29, 1.82) is 0 Å². The molecule has 1 fully saturated rings. The van der Waals surface area contributed by atoms with Crippen LogP contribution >= 0.6 is 0 Å². The molecule has 0 aromatic rings. The minimum Gasteiger partial charge on any atom is -0.375 e. The monoisotopic (exact) mass is 228 g/mol. The smallest absolute Gasteiger partial charge is 0.0726 e. The molecule has 0 bridgehead atoms. The maximum Gasteiger partial charge on any atom is 0.0726 e. The van der Waals surface area contributed by atoms with Gasteiger partial charge in [-0.2, -0.15) is 0 Å². The first-order valence-corrected chi connectivity index (χ1v) is 6.87. The molecule has 0 amide bonds. The van der Waals surface area contributed by atoms with Crippen LogP contribution in [0.1, 0.15) is 46.0 Å². The molecule has 3 heteroatoms. The van der Waals surface area contributed by atoms with Crippen molar-refractivity contribution in [3.05, 3.63) is 0 Å². The second kappa shape index (κ2) is 8.04. The van der Waals surface area contributed by atoms with Crippen LogP contribution in [-0.4, -0.2) is 43.3 Å². The molecule has 0 saturated heterocycles. The van der Waals surface area contributed by atoms with E-state index < -0.39 is 0 Å². The summed E-state index contributed by atoms with van der Waals surface area (Å²) in [4.78, 5) is 2.39. The van der Waals surface area contributed by atoms with Crippen molar-refractivity contribution in [3.63, 3.8) is 0 Å². The van der Waals surface area contributed by atoms with Crippen molar-refractivity contribution >= 4 is 0 Å². The van der Waals surface area contributed by atoms with Gasteiger partial charge in [0.15, 0.2) is 0 Å². The van der Waals surface area contributed by atoms with E-state index in [0.717, 1.165) is 39.1 Å². The Labute approximate surface area is 100 Å². The van der Waals surface area contributed by atoms with E-state index in [1.165, 1.54) is 19.3 Å². The second-order valence-electron chi connectivity index (χ2n) is 4.74. The minimum absolute atomic E-state index is 0.263. The van der Waals surface area contributed by atoms with Crippen LogP contribution < -0.4 is 5.73 Å². The standard InChI is InChI=1S/C13H28N2O/c1-3-15(4-2)10-11-16-13-9-7-5-6-8-12(13)14/h12-13H,3-11,14H2,1-2H3. The van der Waals surface area contributed by atoms with Crippen molar-refractivity contribution in [2.24, 2.45) is 5.73 Å². The molecule has 0 aromatic heterocycles. The quantitative estimate of drug-likeness (QED) is 0.707. The van der Waals surface area contributed by atoms with Gasteiger partial charge in [-0.25, -0.2) is 0 Å². The molecule has 1 saturated carbocycles. The Balaban J connectivity index is 2.19. The Hall–Kier alpha value is -0.120. The largest absolute Gasteiger partial charge is 0.375 e. The number of ether oxygens (including phenoxy) is 1. The van der Waals surface area contributed by atoms with Gasteiger partial charge in [0.05, 0.1) is 12.7 Å². The average Bonchev–Trinajstić information content (AvgIpc) is 2.50. The van der Waals surface area contributed by atoms with Crippen molar-refractivity contribution in [3.8, 4) is 0 Å². The maximum absolute atomic E-state index is 6.12. The molecule has 0 spiro atoms. The Morgan fingerprint density at radius 2 is 1.81 bits per heavy atom. The van der Waals surface area contributed by atoms with E-state index in [0.29, 0.717) is 6.10 Å². The number of nitrogens with zero attached hydrogens (tertiary/aromatic N) is 1. The molecule has 1 aliphatic carbocycles. The summed E-state index contributed by atoms with van der Waals surface area (Å²) < 4.78 is 5.94. The third kappa shape index (κ3) is 4.81. The van der Waals surface area contributed by atoms with Crippen LogP contribution in [-0.2, 0) is 4.74 Å². The van der Waals surface area contributed by atoms with Crippen LogP contribution in [0.2, 0.25) is 0 Å². The predicted octanol–water partition coefficient (Wildman–Crippen LogP) is 2.00. The average molecular weight is 228 g/mol. The van der Waals surface area contributed by atoms with E-state index in [2.05, 4.69) is 18.7 Å². The first kappa shape index (κ1) is 13.9. The molecule has 0 aliphatic heterocycles. The molecule has 2 unspecified atom stereocenters. The van der Waals surface area contributed by atoms with Crippen LogP contribution in [0.4, 0.5) is 0 Å². The number of rotatable bonds is 6. The van der Waals surface area contributed by atoms with Crippen LogP contribution in [0.25, 0.3) is 0 Å². The molecule has 16 heavy (non-hydrogen) atoms. The highest BCUT2D eigenvalue weighted by molar-refractivity contribution is 4.77. The highest BCUT2D eigenvalue weighted by Crippen LogP contribution is 2.19. The van der Waals surface area contributed by atoms with Gasteiger partial charge in [-0.05, 0) is 25.9 Å². The van der Waals surface area contributed by atoms with Crippen molar-refractivity contribution in [2.75, 3.05) is 26.2 Å². The summed E-state index contributed by atoms with van der Waals surface area (Å²) in [6, 6.07) is 0.263. The van der Waals surface area contributed by atoms with Gasteiger partial charge < -0.3 is 15.4 Å². The fourth-order valence-corrected chi connectivity index (χ4v) is 2.38. The summed E-state index contributed by atoms with van der Waals surface area (Å²) in [6.07, 6.45) is 6.47. The number of hydrogen-bond acceptors (Lipinski definition) is 3. The maximum atomic E-state index is 6.12. The second-order valence-corrected chi connectivity index (χ2v) is 4.74. The first-order chi connectivity index (χ1) is 7.77. The molecule has 0 aromatic carbocycles. The van der Waals surface area contributed by atoms with E-state index in [9.17, 15) is 0 Å². The Morgan fingerprint density at radius 3 is 2.50 bits per heavy atom. The molecule has 1 rings (SSSR count). The molecule has 3 nitrogen and oxygen atoms in total. The summed E-state index contributed by atoms with van der Waals surface area (Å²) in [7, 11) is 0. The SMILES string of the molecule is CCN(CC)CCOC1CCCCCC1N. The van der Waals surface area contributed by atoms with E-state index in [-0.39, 0.29) is 6.04 Å². The number of likely N-dealkylation sites (N-methyl/N-ethyl adjacent to an activating group) is 1. The van der Waals surface area contributed by atoms with Gasteiger partial charge in [-0.1, -0.05) is 33.1 Å². The van der Waals surface area contributed by atoms with Gasteiger partial charge >= 0.3 is 0 Å². The number of hydrogen-bond donors (Lipinski definition) is 1. The topological polar surface area (TPSA) is 38.5 Å². The van der Waals surface area contributed by atoms with Crippen molar-refractivity contribution in [2.45, 2.75) is 58.1 Å². The van der Waals surface area contributed by atoms with Gasteiger partial charge in [-0.3, -0.25) is 0 Å². The Morgan fingerprint density at radius 1 is 1.12 bits per heavy atom. The Kier molecular flexibility index (Phi) is 7.01. The summed E-state index contributed by atoms with van der Waals surface area (Å²) in [6.45, 7) is 8.48. The lowest BCUT2D eigenvalue weighted by Crippen LogP contribution is -2.37. The molecule has 2 atom stereocenters. The normalized spacial score (nSPS) is 27.0. The highest BCUT2D eigenvalue weighted by Gasteiger charge is 2.20. The van der Waals surface area contributed by atoms with Crippen molar-refractivity contribution in [1.82, 2.24) is 4.90 Å². The van der Waals surface area contributed by atoms with E-state index in [1.54, 1.807) is 0 Å². The van der Waals surface area contributed by atoms with Gasteiger partial charge in [0, 0.05) is 12.6 Å². The number of nitrogens with two attached hydrogens (primary N) is 1. The van der Waals surface area contributed by atoms with E-state index >= 15 is 0 Å². The van der Waals surface area contributed by atoms with Gasteiger partial charge in [0.25, 0.3) is 0 Å². The lowest BCUT2D eigenvalue weighted by atomic mass is 10.1. The summed E-state index contributed by atoms with van der Waals surface area (Å²) in [5, 5.41) is 0. The molecular formula is C13H28N2O. The molecular weight excluding hydrogens is 200 g/mol. The van der Waals surface area contributed by atoms with E-state index in [4.69, 9.17) is 10.5 Å². The van der Waals surface area contributed by atoms with Gasteiger partial charge in [0.2, 0.25) is 0 Å². The first-order valence-electron chi connectivity index (χ1n) is 6.87.